The number of hydrogen-bond acceptors (Lipinski definition) is 2. The highest BCUT2D eigenvalue weighted by Crippen LogP contribution is 2.37. The second kappa shape index (κ2) is 8.34. The van der Waals surface area contributed by atoms with Crippen molar-refractivity contribution in [2.75, 3.05) is 13.1 Å². The molecule has 1 aliphatic rings. The van der Waals surface area contributed by atoms with Gasteiger partial charge in [0.25, 0.3) is 0 Å². The van der Waals surface area contributed by atoms with Crippen molar-refractivity contribution in [1.29, 1.82) is 0 Å². The van der Waals surface area contributed by atoms with Crippen molar-refractivity contribution >= 4 is 5.91 Å². The van der Waals surface area contributed by atoms with Crippen molar-refractivity contribution in [3.63, 3.8) is 0 Å². The van der Waals surface area contributed by atoms with E-state index in [-0.39, 0.29) is 31.3 Å². The second-order valence-electron chi connectivity index (χ2n) is 6.07. The van der Waals surface area contributed by atoms with E-state index in [0.29, 0.717) is 19.4 Å². The van der Waals surface area contributed by atoms with Gasteiger partial charge in [0.1, 0.15) is 0 Å². The molecule has 0 radical (unpaired) electrons. The molecule has 1 aromatic rings. The highest BCUT2D eigenvalue weighted by atomic mass is 19.4. The van der Waals surface area contributed by atoms with Crippen molar-refractivity contribution in [3.05, 3.63) is 35.9 Å². The van der Waals surface area contributed by atoms with Crippen LogP contribution < -0.4 is 10.6 Å². The first kappa shape index (κ1) is 17.8. The van der Waals surface area contributed by atoms with Gasteiger partial charge < -0.3 is 10.6 Å². The minimum absolute atomic E-state index is 0.0702. The predicted octanol–water partition coefficient (Wildman–Crippen LogP) is 3.06. The van der Waals surface area contributed by atoms with E-state index in [1.54, 1.807) is 0 Å². The Morgan fingerprint density at radius 2 is 1.91 bits per heavy atom. The molecule has 0 bridgehead atoms. The number of nitrogens with one attached hydrogen (secondary N) is 2. The number of benzene rings is 1. The number of rotatable bonds is 6. The minimum Gasteiger partial charge on any atom is -0.355 e. The first-order valence-corrected chi connectivity index (χ1v) is 8.06. The van der Waals surface area contributed by atoms with Gasteiger partial charge in [0.15, 0.2) is 0 Å². The van der Waals surface area contributed by atoms with E-state index in [1.165, 1.54) is 0 Å². The van der Waals surface area contributed by atoms with Crippen molar-refractivity contribution in [2.45, 2.75) is 44.3 Å². The van der Waals surface area contributed by atoms with E-state index in [0.717, 1.165) is 12.0 Å². The molecular formula is C17H23F3N2O. The zero-order valence-electron chi connectivity index (χ0n) is 13.0. The summed E-state index contributed by atoms with van der Waals surface area (Å²) < 4.78 is 38.2. The normalized spacial score (nSPS) is 21.9. The lowest BCUT2D eigenvalue weighted by atomic mass is 9.85. The second-order valence-corrected chi connectivity index (χ2v) is 6.07. The summed E-state index contributed by atoms with van der Waals surface area (Å²) in [6.45, 7) is 0.602. The van der Waals surface area contributed by atoms with Crippen molar-refractivity contribution in [3.8, 4) is 0 Å². The van der Waals surface area contributed by atoms with Gasteiger partial charge in [0, 0.05) is 12.6 Å². The maximum Gasteiger partial charge on any atom is 0.391 e. The maximum atomic E-state index is 12.7. The Morgan fingerprint density at radius 3 is 2.61 bits per heavy atom. The molecule has 0 heterocycles. The first-order valence-electron chi connectivity index (χ1n) is 8.06. The third-order valence-electron chi connectivity index (χ3n) is 4.27. The van der Waals surface area contributed by atoms with E-state index in [1.807, 2.05) is 30.3 Å². The van der Waals surface area contributed by atoms with E-state index in [2.05, 4.69) is 10.6 Å². The van der Waals surface area contributed by atoms with Gasteiger partial charge in [-0.1, -0.05) is 36.8 Å². The van der Waals surface area contributed by atoms with Crippen LogP contribution in [0.5, 0.6) is 0 Å². The molecule has 3 nitrogen and oxygen atoms in total. The molecule has 1 fully saturated rings. The monoisotopic (exact) mass is 328 g/mol. The predicted molar refractivity (Wildman–Crippen MR) is 83.0 cm³/mol. The number of carbonyl (C=O) groups excluding carboxylic acids is 1. The quantitative estimate of drug-likeness (QED) is 0.843. The van der Waals surface area contributed by atoms with Crippen molar-refractivity contribution in [1.82, 2.24) is 10.6 Å². The third-order valence-corrected chi connectivity index (χ3v) is 4.27. The van der Waals surface area contributed by atoms with Crippen LogP contribution in [0.3, 0.4) is 0 Å². The van der Waals surface area contributed by atoms with Gasteiger partial charge in [-0.2, -0.15) is 13.2 Å². The fraction of sp³-hybridized carbons (Fsp3) is 0.588. The molecule has 1 saturated carbocycles. The number of carbonyl (C=O) groups is 1. The van der Waals surface area contributed by atoms with Crippen LogP contribution in [0.4, 0.5) is 13.2 Å². The fourth-order valence-electron chi connectivity index (χ4n) is 2.96. The largest absolute Gasteiger partial charge is 0.391 e. The Balaban J connectivity index is 1.64. The first-order chi connectivity index (χ1) is 10.9. The van der Waals surface area contributed by atoms with Gasteiger partial charge >= 0.3 is 6.18 Å². The molecular weight excluding hydrogens is 305 g/mol. The Morgan fingerprint density at radius 1 is 1.17 bits per heavy atom. The van der Waals surface area contributed by atoms with Crippen LogP contribution in [-0.2, 0) is 11.2 Å². The average molecular weight is 328 g/mol. The lowest BCUT2D eigenvalue weighted by Gasteiger charge is -2.31. The summed E-state index contributed by atoms with van der Waals surface area (Å²) >= 11 is 0. The van der Waals surface area contributed by atoms with Gasteiger partial charge in [-0.15, -0.1) is 0 Å². The van der Waals surface area contributed by atoms with Crippen LogP contribution >= 0.6 is 0 Å². The number of amides is 1. The lowest BCUT2D eigenvalue weighted by molar-refractivity contribution is -0.183. The average Bonchev–Trinajstić information content (AvgIpc) is 2.53. The van der Waals surface area contributed by atoms with Crippen LogP contribution in [0.2, 0.25) is 0 Å². The van der Waals surface area contributed by atoms with Crippen LogP contribution in [0, 0.1) is 5.92 Å². The summed E-state index contributed by atoms with van der Waals surface area (Å²) in [7, 11) is 0. The minimum atomic E-state index is -4.13. The topological polar surface area (TPSA) is 41.1 Å². The van der Waals surface area contributed by atoms with Crippen LogP contribution in [0.15, 0.2) is 30.3 Å². The molecule has 2 atom stereocenters. The molecule has 1 aliphatic carbocycles. The molecule has 2 unspecified atom stereocenters. The highest BCUT2D eigenvalue weighted by molar-refractivity contribution is 5.78. The molecule has 0 aliphatic heterocycles. The molecule has 2 rings (SSSR count). The van der Waals surface area contributed by atoms with Gasteiger partial charge in [-0.25, -0.2) is 0 Å². The maximum absolute atomic E-state index is 12.7. The van der Waals surface area contributed by atoms with Crippen molar-refractivity contribution < 1.29 is 18.0 Å². The van der Waals surface area contributed by atoms with Gasteiger partial charge in [-0.05, 0) is 31.2 Å². The molecule has 2 N–H and O–H groups in total. The Hall–Kier alpha value is -1.56. The molecule has 23 heavy (non-hydrogen) atoms. The Kier molecular flexibility index (Phi) is 6.45. The van der Waals surface area contributed by atoms with E-state index < -0.39 is 12.1 Å². The molecule has 6 heteroatoms. The van der Waals surface area contributed by atoms with Crippen molar-refractivity contribution in [2.24, 2.45) is 5.92 Å². The van der Waals surface area contributed by atoms with E-state index >= 15 is 0 Å². The fourth-order valence-corrected chi connectivity index (χ4v) is 2.96. The van der Waals surface area contributed by atoms with E-state index in [9.17, 15) is 18.0 Å². The summed E-state index contributed by atoms with van der Waals surface area (Å²) in [5.74, 6) is -1.41. The SMILES string of the molecule is O=C(CNC1CCCC(C(F)(F)F)C1)NCCc1ccccc1. The summed E-state index contributed by atoms with van der Waals surface area (Å²) in [6.07, 6.45) is -1.86. The molecule has 128 valence electrons. The smallest absolute Gasteiger partial charge is 0.355 e. The lowest BCUT2D eigenvalue weighted by Crippen LogP contribution is -2.43. The zero-order valence-corrected chi connectivity index (χ0v) is 13.0. The number of halogens is 3. The van der Waals surface area contributed by atoms with Crippen LogP contribution in [0.1, 0.15) is 31.2 Å². The van der Waals surface area contributed by atoms with E-state index in [4.69, 9.17) is 0 Å². The molecule has 0 saturated heterocycles. The summed E-state index contributed by atoms with van der Waals surface area (Å²) in [6, 6.07) is 9.57. The standard InChI is InChI=1S/C17H23F3N2O/c18-17(19,20)14-7-4-8-15(11-14)22-12-16(23)21-10-9-13-5-2-1-3-6-13/h1-3,5-6,14-15,22H,4,7-12H2,(H,21,23). The Bertz CT molecular complexity index is 490. The Labute approximate surface area is 134 Å². The van der Waals surface area contributed by atoms with Gasteiger partial charge in [-0.3, -0.25) is 4.79 Å². The molecule has 0 aromatic heterocycles. The molecule has 1 amide bonds. The number of hydrogen-bond donors (Lipinski definition) is 2. The zero-order chi connectivity index (χ0) is 16.7. The molecule has 1 aromatic carbocycles. The van der Waals surface area contributed by atoms with Gasteiger partial charge in [0.2, 0.25) is 5.91 Å². The van der Waals surface area contributed by atoms with Crippen LogP contribution in [-0.4, -0.2) is 31.2 Å². The molecule has 0 spiro atoms. The number of alkyl halides is 3. The summed E-state index contributed by atoms with van der Waals surface area (Å²) in [4.78, 5) is 11.8. The third kappa shape index (κ3) is 6.22. The van der Waals surface area contributed by atoms with Crippen LogP contribution in [0.25, 0.3) is 0 Å². The summed E-state index contributed by atoms with van der Waals surface area (Å²) in [5, 5.41) is 5.75. The van der Waals surface area contributed by atoms with Gasteiger partial charge in [0.05, 0.1) is 12.5 Å². The summed E-state index contributed by atoms with van der Waals surface area (Å²) in [5.41, 5.74) is 1.14. The highest BCUT2D eigenvalue weighted by Gasteiger charge is 2.42.